The molecule has 1 fully saturated rings. The number of rotatable bonds is 5. The zero-order valence-electron chi connectivity index (χ0n) is 16.3. The van der Waals surface area contributed by atoms with E-state index >= 15 is 0 Å². The van der Waals surface area contributed by atoms with Crippen molar-refractivity contribution in [3.05, 3.63) is 89.4 Å². The number of benzene rings is 1. The van der Waals surface area contributed by atoms with E-state index in [-0.39, 0.29) is 35.3 Å². The monoisotopic (exact) mass is 466 g/mol. The molecule has 1 aliphatic rings. The maximum Gasteiger partial charge on any atom is 0.249 e. The summed E-state index contributed by atoms with van der Waals surface area (Å²) in [6.45, 7) is 1.52. The van der Waals surface area contributed by atoms with Crippen LogP contribution in [0.1, 0.15) is 12.0 Å². The van der Waals surface area contributed by atoms with Crippen molar-refractivity contribution in [3.63, 3.8) is 0 Å². The molecular formula is C23H23ClFeN2O3-6. The van der Waals surface area contributed by atoms with Gasteiger partial charge >= 0.3 is 0 Å². The minimum atomic E-state index is -0.735. The summed E-state index contributed by atoms with van der Waals surface area (Å²) >= 11 is 5.81. The number of hydrogen-bond donors (Lipinski definition) is 1. The summed E-state index contributed by atoms with van der Waals surface area (Å²) in [4.78, 5) is 26.4. The van der Waals surface area contributed by atoms with E-state index in [4.69, 9.17) is 16.3 Å². The molecule has 3 aromatic carbocycles. The number of carbonyl (C=O) groups excluding carboxylic acids is 2. The quantitative estimate of drug-likeness (QED) is 0.452. The van der Waals surface area contributed by atoms with Gasteiger partial charge in [0.25, 0.3) is 0 Å². The van der Waals surface area contributed by atoms with E-state index in [2.05, 4.69) is 5.32 Å². The molecular weight excluding hydrogens is 444 g/mol. The van der Waals surface area contributed by atoms with E-state index < -0.39 is 6.10 Å². The Morgan fingerprint density at radius 3 is 2.47 bits per heavy atom. The number of hydrogen-bond acceptors (Lipinski definition) is 3. The molecule has 7 heteroatoms. The third-order valence-electron chi connectivity index (χ3n) is 4.43. The first-order valence-corrected chi connectivity index (χ1v) is 9.83. The summed E-state index contributed by atoms with van der Waals surface area (Å²) < 4.78 is 5.49. The van der Waals surface area contributed by atoms with E-state index in [1.165, 1.54) is 0 Å². The smallest absolute Gasteiger partial charge is 0.249 e. The van der Waals surface area contributed by atoms with Crippen molar-refractivity contribution < 1.29 is 31.4 Å². The Kier molecular flexibility index (Phi) is 9.84. The normalized spacial score (nSPS) is 15.6. The number of anilines is 1. The molecule has 1 aliphatic heterocycles. The van der Waals surface area contributed by atoms with Gasteiger partial charge in [0.15, 0.2) is 0 Å². The average molecular weight is 467 g/mol. The first-order valence-electron chi connectivity index (χ1n) is 9.45. The van der Waals surface area contributed by atoms with Crippen molar-refractivity contribution in [1.29, 1.82) is 0 Å². The van der Waals surface area contributed by atoms with Crippen LogP contribution in [0.5, 0.6) is 0 Å². The molecule has 0 spiro atoms. The van der Waals surface area contributed by atoms with Crippen LogP contribution >= 0.6 is 11.6 Å². The van der Waals surface area contributed by atoms with Crippen LogP contribution in [0.2, 0.25) is 5.02 Å². The fourth-order valence-electron chi connectivity index (χ4n) is 2.97. The zero-order valence-corrected chi connectivity index (χ0v) is 18.2. The predicted octanol–water partition coefficient (Wildman–Crippen LogP) is 4.22. The second kappa shape index (κ2) is 12.4. The third kappa shape index (κ3) is 7.47. The van der Waals surface area contributed by atoms with E-state index in [9.17, 15) is 9.59 Å². The fourth-order valence-corrected chi connectivity index (χ4v) is 3.09. The van der Waals surface area contributed by atoms with Gasteiger partial charge in [0.1, 0.15) is 6.10 Å². The summed E-state index contributed by atoms with van der Waals surface area (Å²) in [5.74, 6) is -0.403. The summed E-state index contributed by atoms with van der Waals surface area (Å²) in [6.07, 6.45) is -0.736. The molecule has 5 nitrogen and oxygen atoms in total. The molecule has 1 heterocycles. The number of nitrogens with zero attached hydrogens (tertiary/aromatic N) is 1. The topological polar surface area (TPSA) is 58.6 Å². The van der Waals surface area contributed by atoms with E-state index in [0.29, 0.717) is 30.4 Å². The maximum atomic E-state index is 12.5. The minimum Gasteiger partial charge on any atom is -0.748 e. The molecule has 0 radical (unpaired) electrons. The Bertz CT molecular complexity index is 863. The van der Waals surface area contributed by atoms with Crippen LogP contribution < -0.4 is 5.32 Å². The number of morpholine rings is 1. The van der Waals surface area contributed by atoms with Gasteiger partial charge in [0.05, 0.1) is 13.0 Å². The standard InChI is InChI=1S/C18H18ClN2O3.C5H5.Fe/c19-14-5-7-15(8-6-14)20-17(22)11-16-18(23)21(9-10-24-16)12-13-3-1-2-4-13;1-2-4-5-3-1;/h1-8,16H,9-12H2,(H,20,22);1-5H;/q-5;-1;. The zero-order chi connectivity index (χ0) is 20.5. The average Bonchev–Trinajstić information content (AvgIpc) is 3.44. The molecule has 1 saturated heterocycles. The molecule has 2 amide bonds. The molecule has 30 heavy (non-hydrogen) atoms. The van der Waals surface area contributed by atoms with Crippen LogP contribution in [0, 0.1) is 0 Å². The Balaban J connectivity index is 0.000000468. The maximum absolute atomic E-state index is 12.5. The van der Waals surface area contributed by atoms with Crippen LogP contribution in [0.4, 0.5) is 5.69 Å². The number of ether oxygens (including phenoxy) is 1. The van der Waals surface area contributed by atoms with Gasteiger partial charge in [-0.3, -0.25) is 9.59 Å². The largest absolute Gasteiger partial charge is 0.748 e. The molecule has 1 N–H and O–H groups in total. The number of carbonyl (C=O) groups is 2. The summed E-state index contributed by atoms with van der Waals surface area (Å²) in [6, 6.07) is 24.7. The second-order valence-corrected chi connectivity index (χ2v) is 7.07. The number of amides is 2. The first-order chi connectivity index (χ1) is 14.1. The number of halogens is 1. The van der Waals surface area contributed by atoms with Gasteiger partial charge in [-0.1, -0.05) is 11.6 Å². The predicted molar refractivity (Wildman–Crippen MR) is 114 cm³/mol. The molecule has 0 saturated carbocycles. The fraction of sp³-hybridized carbons (Fsp3) is 0.217. The van der Waals surface area contributed by atoms with Crippen LogP contribution in [-0.2, 0) is 37.9 Å². The van der Waals surface area contributed by atoms with Gasteiger partial charge in [0, 0.05) is 34.3 Å². The van der Waals surface area contributed by atoms with E-state index in [1.807, 2.05) is 54.6 Å². The molecule has 4 rings (SSSR count). The second-order valence-electron chi connectivity index (χ2n) is 6.63. The van der Waals surface area contributed by atoms with Gasteiger partial charge in [-0.25, -0.2) is 12.1 Å². The SMILES string of the molecule is O=C(CC1OCCN(C[c-]2[cH-][cH-][cH-][cH-]2)C1=O)Nc1ccc(Cl)cc1.[Fe].c1cc[cH-]c1. The third-order valence-corrected chi connectivity index (χ3v) is 4.68. The summed E-state index contributed by atoms with van der Waals surface area (Å²) in [5, 5.41) is 3.35. The Morgan fingerprint density at radius 1 is 1.20 bits per heavy atom. The van der Waals surface area contributed by atoms with Crippen LogP contribution in [0.25, 0.3) is 0 Å². The molecule has 1 unspecified atom stereocenters. The van der Waals surface area contributed by atoms with Crippen LogP contribution in [-0.4, -0.2) is 36.0 Å². The summed E-state index contributed by atoms with van der Waals surface area (Å²) in [7, 11) is 0. The van der Waals surface area contributed by atoms with Crippen molar-refractivity contribution in [3.8, 4) is 0 Å². The summed E-state index contributed by atoms with van der Waals surface area (Å²) in [5.41, 5.74) is 1.72. The molecule has 0 aliphatic carbocycles. The van der Waals surface area contributed by atoms with Gasteiger partial charge in [-0.2, -0.15) is 18.2 Å². The molecule has 0 bridgehead atoms. The molecule has 164 valence electrons. The van der Waals surface area contributed by atoms with E-state index in [1.54, 1.807) is 29.2 Å². The number of nitrogens with one attached hydrogen (secondary N) is 1. The van der Waals surface area contributed by atoms with Crippen molar-refractivity contribution in [2.75, 3.05) is 18.5 Å². The Labute approximate surface area is 192 Å². The van der Waals surface area contributed by atoms with Gasteiger partial charge < -0.3 is 44.8 Å². The van der Waals surface area contributed by atoms with Gasteiger partial charge in [-0.15, -0.1) is 6.54 Å². The minimum absolute atomic E-state index is 0. The van der Waals surface area contributed by atoms with Crippen LogP contribution in [0.15, 0.2) is 78.9 Å². The van der Waals surface area contributed by atoms with Gasteiger partial charge in [0.2, 0.25) is 11.8 Å². The Hall–Kier alpha value is -2.37. The molecule has 1 atom stereocenters. The molecule has 3 aromatic rings. The van der Waals surface area contributed by atoms with Crippen LogP contribution in [0.3, 0.4) is 0 Å². The van der Waals surface area contributed by atoms with Crippen molar-refractivity contribution in [2.24, 2.45) is 0 Å². The molecule has 0 aromatic heterocycles. The Morgan fingerprint density at radius 2 is 1.87 bits per heavy atom. The van der Waals surface area contributed by atoms with Crippen molar-refractivity contribution >= 4 is 29.1 Å². The van der Waals surface area contributed by atoms with Crippen molar-refractivity contribution in [1.82, 2.24) is 4.90 Å². The van der Waals surface area contributed by atoms with Crippen molar-refractivity contribution in [2.45, 2.75) is 19.1 Å². The first kappa shape index (κ1) is 23.9. The van der Waals surface area contributed by atoms with E-state index in [0.717, 1.165) is 5.56 Å². The van der Waals surface area contributed by atoms with Gasteiger partial charge in [-0.05, 0) is 24.3 Å².